The SMILES string of the molecule is COC(=O)C(C)(C)c1cc(C=C2CCNS2(=O)=O)cc2c1OC(=O)C2(C)C. The zero-order valence-corrected chi connectivity index (χ0v) is 16.8. The molecule has 0 atom stereocenters. The van der Waals surface area contributed by atoms with Crippen LogP contribution in [0.15, 0.2) is 17.0 Å². The van der Waals surface area contributed by atoms with Crippen molar-refractivity contribution in [3.05, 3.63) is 33.7 Å². The molecule has 1 saturated heterocycles. The zero-order chi connectivity index (χ0) is 20.2. The van der Waals surface area contributed by atoms with Crippen molar-refractivity contribution in [1.82, 2.24) is 4.72 Å². The van der Waals surface area contributed by atoms with Crippen LogP contribution in [0.5, 0.6) is 5.75 Å². The molecule has 0 bridgehead atoms. The van der Waals surface area contributed by atoms with Crippen LogP contribution < -0.4 is 9.46 Å². The minimum atomic E-state index is -3.49. The molecule has 7 nitrogen and oxygen atoms in total. The monoisotopic (exact) mass is 393 g/mol. The van der Waals surface area contributed by atoms with Crippen molar-refractivity contribution in [2.24, 2.45) is 0 Å². The third-order valence-electron chi connectivity index (χ3n) is 5.20. The van der Waals surface area contributed by atoms with Gasteiger partial charge in [-0.2, -0.15) is 0 Å². The fourth-order valence-corrected chi connectivity index (χ4v) is 4.56. The van der Waals surface area contributed by atoms with Crippen LogP contribution in [0.1, 0.15) is 50.8 Å². The number of ether oxygens (including phenoxy) is 2. The molecular weight excluding hydrogens is 370 g/mol. The minimum Gasteiger partial charge on any atom is -0.468 e. The van der Waals surface area contributed by atoms with Gasteiger partial charge in [-0.25, -0.2) is 13.1 Å². The van der Waals surface area contributed by atoms with E-state index >= 15 is 0 Å². The lowest BCUT2D eigenvalue weighted by molar-refractivity contribution is -0.146. The van der Waals surface area contributed by atoms with Crippen LogP contribution in [0, 0.1) is 0 Å². The highest BCUT2D eigenvalue weighted by Gasteiger charge is 2.46. The molecular formula is C19H23NO6S. The van der Waals surface area contributed by atoms with E-state index in [0.717, 1.165) is 0 Å². The fourth-order valence-electron chi connectivity index (χ4n) is 3.34. The number of esters is 2. The average molecular weight is 393 g/mol. The summed E-state index contributed by atoms with van der Waals surface area (Å²) in [6.07, 6.45) is 1.96. The molecule has 0 unspecified atom stereocenters. The summed E-state index contributed by atoms with van der Waals surface area (Å²) in [7, 11) is -2.19. The molecule has 27 heavy (non-hydrogen) atoms. The van der Waals surface area contributed by atoms with E-state index in [1.807, 2.05) is 0 Å². The maximum absolute atomic E-state index is 12.4. The number of nitrogens with one attached hydrogen (secondary N) is 1. The minimum absolute atomic E-state index is 0.271. The van der Waals surface area contributed by atoms with Crippen molar-refractivity contribution in [3.8, 4) is 5.75 Å². The third kappa shape index (κ3) is 3.06. The lowest BCUT2D eigenvalue weighted by atomic mass is 9.78. The van der Waals surface area contributed by atoms with Crippen LogP contribution >= 0.6 is 0 Å². The molecule has 0 amide bonds. The number of rotatable bonds is 3. The van der Waals surface area contributed by atoms with Gasteiger partial charge in [0.25, 0.3) is 0 Å². The van der Waals surface area contributed by atoms with E-state index in [4.69, 9.17) is 9.47 Å². The first-order valence-corrected chi connectivity index (χ1v) is 10.1. The van der Waals surface area contributed by atoms with Crippen LogP contribution in [0.2, 0.25) is 0 Å². The Morgan fingerprint density at radius 1 is 1.33 bits per heavy atom. The second-order valence-corrected chi connectivity index (χ2v) is 9.65. The number of carbonyl (C=O) groups is 2. The molecule has 0 radical (unpaired) electrons. The second-order valence-electron chi connectivity index (χ2n) is 7.83. The summed E-state index contributed by atoms with van der Waals surface area (Å²) in [5.41, 5.74) is -0.286. The Morgan fingerprint density at radius 2 is 2.00 bits per heavy atom. The molecule has 2 aliphatic rings. The van der Waals surface area contributed by atoms with Crippen LogP contribution in [0.25, 0.3) is 6.08 Å². The molecule has 2 heterocycles. The molecule has 1 fully saturated rings. The highest BCUT2D eigenvalue weighted by atomic mass is 32.2. The van der Waals surface area contributed by atoms with Crippen LogP contribution in [-0.2, 0) is 35.2 Å². The zero-order valence-electron chi connectivity index (χ0n) is 16.0. The predicted molar refractivity (Wildman–Crippen MR) is 99.7 cm³/mol. The van der Waals surface area contributed by atoms with Gasteiger partial charge in [-0.3, -0.25) is 9.59 Å². The van der Waals surface area contributed by atoms with Gasteiger partial charge in [0.2, 0.25) is 10.0 Å². The second kappa shape index (κ2) is 6.17. The molecule has 0 saturated carbocycles. The largest absolute Gasteiger partial charge is 0.468 e. The molecule has 0 aliphatic carbocycles. The number of fused-ring (bicyclic) bond motifs is 1. The maximum Gasteiger partial charge on any atom is 0.321 e. The number of sulfonamides is 1. The normalized spacial score (nSPS) is 21.8. The Labute approximate surface area is 158 Å². The molecule has 1 aromatic rings. The molecule has 1 N–H and O–H groups in total. The van der Waals surface area contributed by atoms with Gasteiger partial charge in [0.1, 0.15) is 5.75 Å². The van der Waals surface area contributed by atoms with Gasteiger partial charge in [0, 0.05) is 17.7 Å². The molecule has 2 aliphatic heterocycles. The summed E-state index contributed by atoms with van der Waals surface area (Å²) in [5, 5.41) is 0. The Morgan fingerprint density at radius 3 is 2.56 bits per heavy atom. The summed E-state index contributed by atoms with van der Waals surface area (Å²) in [6, 6.07) is 3.43. The van der Waals surface area contributed by atoms with E-state index < -0.39 is 32.8 Å². The quantitative estimate of drug-likeness (QED) is 0.623. The Kier molecular flexibility index (Phi) is 4.47. The van der Waals surface area contributed by atoms with Gasteiger partial charge in [0.05, 0.1) is 22.8 Å². The third-order valence-corrected chi connectivity index (χ3v) is 6.79. The first-order valence-electron chi connectivity index (χ1n) is 8.61. The summed E-state index contributed by atoms with van der Waals surface area (Å²) in [4.78, 5) is 25.0. The molecule has 1 aromatic carbocycles. The number of hydrogen-bond donors (Lipinski definition) is 1. The van der Waals surface area contributed by atoms with Gasteiger partial charge in [0.15, 0.2) is 0 Å². The van der Waals surface area contributed by atoms with E-state index in [1.165, 1.54) is 7.11 Å². The topological polar surface area (TPSA) is 98.8 Å². The molecule has 8 heteroatoms. The van der Waals surface area contributed by atoms with E-state index in [1.54, 1.807) is 45.9 Å². The predicted octanol–water partition coefficient (Wildman–Crippen LogP) is 2.00. The van der Waals surface area contributed by atoms with Crippen molar-refractivity contribution in [3.63, 3.8) is 0 Å². The molecule has 0 aromatic heterocycles. The number of benzene rings is 1. The molecule has 0 spiro atoms. The fraction of sp³-hybridized carbons (Fsp3) is 0.474. The first kappa shape index (κ1) is 19.6. The van der Waals surface area contributed by atoms with Gasteiger partial charge in [-0.15, -0.1) is 0 Å². The maximum atomic E-state index is 12.4. The average Bonchev–Trinajstić information content (AvgIpc) is 3.03. The number of hydrogen-bond acceptors (Lipinski definition) is 6. The van der Waals surface area contributed by atoms with E-state index in [0.29, 0.717) is 35.4 Å². The van der Waals surface area contributed by atoms with Gasteiger partial charge in [-0.05, 0) is 57.9 Å². The highest BCUT2D eigenvalue weighted by Crippen LogP contribution is 2.46. The number of carbonyl (C=O) groups excluding carboxylic acids is 2. The standard InChI is InChI=1S/C19H23NO6S/c1-18(2,16(21)25-5)13-9-11(8-12-6-7-20-27(12,23)24)10-14-15(13)26-17(22)19(14,3)4/h8-10,20H,6-7H2,1-5H3. The lowest BCUT2D eigenvalue weighted by Gasteiger charge is -2.25. The lowest BCUT2D eigenvalue weighted by Crippen LogP contribution is -2.30. The smallest absolute Gasteiger partial charge is 0.321 e. The van der Waals surface area contributed by atoms with E-state index in [2.05, 4.69) is 4.72 Å². The van der Waals surface area contributed by atoms with Crippen molar-refractivity contribution in [1.29, 1.82) is 0 Å². The van der Waals surface area contributed by atoms with Crippen molar-refractivity contribution < 1.29 is 27.5 Å². The first-order chi connectivity index (χ1) is 12.4. The van der Waals surface area contributed by atoms with Crippen molar-refractivity contribution in [2.45, 2.75) is 44.9 Å². The van der Waals surface area contributed by atoms with Gasteiger partial charge in [-0.1, -0.05) is 0 Å². The number of methoxy groups -OCH3 is 1. The Balaban J connectivity index is 2.26. The highest BCUT2D eigenvalue weighted by molar-refractivity contribution is 7.93. The van der Waals surface area contributed by atoms with Crippen LogP contribution in [0.3, 0.4) is 0 Å². The van der Waals surface area contributed by atoms with E-state index in [9.17, 15) is 18.0 Å². The van der Waals surface area contributed by atoms with Crippen molar-refractivity contribution in [2.75, 3.05) is 13.7 Å². The van der Waals surface area contributed by atoms with Crippen molar-refractivity contribution >= 4 is 28.0 Å². The molecule has 3 rings (SSSR count). The molecule has 146 valence electrons. The van der Waals surface area contributed by atoms with Gasteiger partial charge < -0.3 is 9.47 Å². The van der Waals surface area contributed by atoms with Crippen LogP contribution in [-0.4, -0.2) is 34.0 Å². The Hall–Kier alpha value is -2.19. The Bertz CT molecular complexity index is 972. The summed E-state index contributed by atoms with van der Waals surface area (Å²) < 4.78 is 37.0. The summed E-state index contributed by atoms with van der Waals surface area (Å²) in [6.45, 7) is 7.19. The summed E-state index contributed by atoms with van der Waals surface area (Å²) >= 11 is 0. The van der Waals surface area contributed by atoms with Gasteiger partial charge >= 0.3 is 11.9 Å². The summed E-state index contributed by atoms with van der Waals surface area (Å²) in [5.74, 6) is -0.556. The van der Waals surface area contributed by atoms with Crippen LogP contribution in [0.4, 0.5) is 0 Å². The van der Waals surface area contributed by atoms with E-state index in [-0.39, 0.29) is 4.91 Å².